The van der Waals surface area contributed by atoms with Crippen LogP contribution in [0.1, 0.15) is 12.5 Å². The molecule has 3 aromatic rings. The van der Waals surface area contributed by atoms with Gasteiger partial charge in [0, 0.05) is 35.4 Å². The first-order valence-electron chi connectivity index (χ1n) is 7.82. The van der Waals surface area contributed by atoms with Crippen molar-refractivity contribution in [3.05, 3.63) is 53.8 Å². The van der Waals surface area contributed by atoms with Gasteiger partial charge < -0.3 is 9.30 Å². The lowest BCUT2D eigenvalue weighted by molar-refractivity contribution is -0.122. The molecule has 1 aliphatic heterocycles. The van der Waals surface area contributed by atoms with E-state index in [1.54, 1.807) is 13.1 Å². The molecule has 24 heavy (non-hydrogen) atoms. The van der Waals surface area contributed by atoms with Gasteiger partial charge >= 0.3 is 0 Å². The molecule has 0 spiro atoms. The van der Waals surface area contributed by atoms with Crippen LogP contribution in [0.3, 0.4) is 0 Å². The smallest absolute Gasteiger partial charge is 0.296 e. The van der Waals surface area contributed by atoms with Crippen molar-refractivity contribution in [2.24, 2.45) is 0 Å². The number of likely N-dealkylation sites (N-methyl/N-ethyl adjacent to an activating group) is 1. The summed E-state index contributed by atoms with van der Waals surface area (Å²) < 4.78 is 7.67. The molecule has 0 N–H and O–H groups in total. The topological polar surface area (TPSA) is 34.5 Å². The van der Waals surface area contributed by atoms with E-state index in [0.717, 1.165) is 12.1 Å². The molecule has 0 saturated carbocycles. The Kier molecular flexibility index (Phi) is 3.39. The minimum absolute atomic E-state index is 0.190. The standard InChI is InChI=1S/C19H16N2O2S/c1-3-21-15-7-5-4-6-13(15)14-10-12(8-9-16(14)21)11-17-18(22)20(2)19(24)23-17/h4-11H,3H2,1-2H3/b17-11+. The fourth-order valence-electron chi connectivity index (χ4n) is 3.20. The number of hydrogen-bond donors (Lipinski definition) is 0. The summed E-state index contributed by atoms with van der Waals surface area (Å²) in [7, 11) is 1.61. The van der Waals surface area contributed by atoms with Gasteiger partial charge in [-0.2, -0.15) is 0 Å². The van der Waals surface area contributed by atoms with Crippen molar-refractivity contribution in [3.63, 3.8) is 0 Å². The Morgan fingerprint density at radius 1 is 1.12 bits per heavy atom. The summed E-state index contributed by atoms with van der Waals surface area (Å²) in [6, 6.07) is 14.5. The molecule has 1 saturated heterocycles. The van der Waals surface area contributed by atoms with Crippen molar-refractivity contribution < 1.29 is 9.53 Å². The SMILES string of the molecule is CCn1c2ccccc2c2cc(/C=C3/OC(=S)N(C)C3=O)ccc21. The number of nitrogens with zero attached hydrogens (tertiary/aromatic N) is 2. The first-order valence-corrected chi connectivity index (χ1v) is 8.23. The zero-order chi connectivity index (χ0) is 16.8. The molecule has 0 unspecified atom stereocenters. The van der Waals surface area contributed by atoms with Gasteiger partial charge in [-0.1, -0.05) is 24.3 Å². The maximum atomic E-state index is 12.1. The largest absolute Gasteiger partial charge is 0.426 e. The minimum atomic E-state index is -0.212. The van der Waals surface area contributed by atoms with Crippen LogP contribution in [-0.4, -0.2) is 27.6 Å². The molecule has 0 aliphatic carbocycles. The number of para-hydroxylation sites is 1. The molecule has 0 bridgehead atoms. The van der Waals surface area contributed by atoms with Gasteiger partial charge in [-0.3, -0.25) is 9.69 Å². The summed E-state index contributed by atoms with van der Waals surface area (Å²) in [5.74, 6) is 0.0529. The summed E-state index contributed by atoms with van der Waals surface area (Å²) in [5, 5.41) is 2.57. The molecule has 2 aromatic carbocycles. The number of ether oxygens (including phenoxy) is 1. The zero-order valence-electron chi connectivity index (χ0n) is 13.4. The van der Waals surface area contributed by atoms with Crippen LogP contribution >= 0.6 is 12.2 Å². The molecule has 4 nitrogen and oxygen atoms in total. The van der Waals surface area contributed by atoms with E-state index in [1.165, 1.54) is 26.7 Å². The third kappa shape index (κ3) is 2.12. The molecule has 1 aliphatic rings. The van der Waals surface area contributed by atoms with Gasteiger partial charge in [0.05, 0.1) is 0 Å². The molecular weight excluding hydrogens is 320 g/mol. The van der Waals surface area contributed by atoms with E-state index in [1.807, 2.05) is 12.1 Å². The highest BCUT2D eigenvalue weighted by Gasteiger charge is 2.30. The van der Waals surface area contributed by atoms with Crippen molar-refractivity contribution in [1.82, 2.24) is 9.47 Å². The van der Waals surface area contributed by atoms with Crippen molar-refractivity contribution in [1.29, 1.82) is 0 Å². The van der Waals surface area contributed by atoms with Crippen LogP contribution in [0.4, 0.5) is 0 Å². The van der Waals surface area contributed by atoms with E-state index >= 15 is 0 Å². The number of rotatable bonds is 2. The monoisotopic (exact) mass is 336 g/mol. The normalized spacial score (nSPS) is 16.6. The molecule has 0 atom stereocenters. The van der Waals surface area contributed by atoms with Crippen LogP contribution in [-0.2, 0) is 16.1 Å². The van der Waals surface area contributed by atoms with Gasteiger partial charge in [0.25, 0.3) is 11.1 Å². The second-order valence-electron chi connectivity index (χ2n) is 5.78. The number of aryl methyl sites for hydroxylation is 1. The van der Waals surface area contributed by atoms with Gasteiger partial charge in [-0.25, -0.2) is 0 Å². The summed E-state index contributed by atoms with van der Waals surface area (Å²) >= 11 is 5.01. The van der Waals surface area contributed by atoms with Crippen molar-refractivity contribution >= 4 is 51.2 Å². The molecule has 1 aromatic heterocycles. The highest BCUT2D eigenvalue weighted by atomic mass is 32.1. The average molecular weight is 336 g/mol. The van der Waals surface area contributed by atoms with Crippen LogP contribution in [0.15, 0.2) is 48.2 Å². The Labute approximate surface area is 144 Å². The molecule has 2 heterocycles. The Morgan fingerprint density at radius 3 is 2.58 bits per heavy atom. The summed E-state index contributed by atoms with van der Waals surface area (Å²) in [6.07, 6.45) is 1.75. The van der Waals surface area contributed by atoms with E-state index in [-0.39, 0.29) is 16.8 Å². The van der Waals surface area contributed by atoms with Crippen molar-refractivity contribution in [2.45, 2.75) is 13.5 Å². The van der Waals surface area contributed by atoms with Crippen molar-refractivity contribution in [3.8, 4) is 0 Å². The maximum Gasteiger partial charge on any atom is 0.296 e. The van der Waals surface area contributed by atoms with Gasteiger partial charge in [0.15, 0.2) is 5.76 Å². The van der Waals surface area contributed by atoms with E-state index in [2.05, 4.69) is 41.8 Å². The lowest BCUT2D eigenvalue weighted by Gasteiger charge is -2.03. The second-order valence-corrected chi connectivity index (χ2v) is 6.13. The van der Waals surface area contributed by atoms with Gasteiger partial charge in [-0.15, -0.1) is 0 Å². The quantitative estimate of drug-likeness (QED) is 0.525. The van der Waals surface area contributed by atoms with E-state index in [9.17, 15) is 4.79 Å². The summed E-state index contributed by atoms with van der Waals surface area (Å²) in [6.45, 7) is 3.05. The molecule has 1 amide bonds. The molecule has 120 valence electrons. The summed E-state index contributed by atoms with van der Waals surface area (Å²) in [4.78, 5) is 13.4. The lowest BCUT2D eigenvalue weighted by atomic mass is 10.1. The third-order valence-electron chi connectivity index (χ3n) is 4.40. The molecule has 1 fully saturated rings. The predicted octanol–water partition coefficient (Wildman–Crippen LogP) is 3.93. The Bertz CT molecular complexity index is 1030. The molecular formula is C19H16N2O2S. The van der Waals surface area contributed by atoms with Gasteiger partial charge in [0.2, 0.25) is 0 Å². The Hall–Kier alpha value is -2.66. The maximum absolute atomic E-state index is 12.1. The second kappa shape index (κ2) is 5.46. The fraction of sp³-hybridized carbons (Fsp3) is 0.158. The number of amides is 1. The highest BCUT2D eigenvalue weighted by molar-refractivity contribution is 7.80. The molecule has 4 rings (SSSR count). The first kappa shape index (κ1) is 14.9. The van der Waals surface area contributed by atoms with Crippen LogP contribution in [0.5, 0.6) is 0 Å². The highest BCUT2D eigenvalue weighted by Crippen LogP contribution is 2.30. The Balaban J connectivity index is 1.89. The number of hydrogen-bond acceptors (Lipinski definition) is 3. The first-order chi connectivity index (χ1) is 11.6. The van der Waals surface area contributed by atoms with Gasteiger partial charge in [-0.05, 0) is 49.0 Å². The number of thiocarbonyl (C=S) groups is 1. The van der Waals surface area contributed by atoms with Crippen LogP contribution < -0.4 is 0 Å². The van der Waals surface area contributed by atoms with Gasteiger partial charge in [0.1, 0.15) is 0 Å². The number of benzene rings is 2. The third-order valence-corrected chi connectivity index (χ3v) is 4.75. The van der Waals surface area contributed by atoms with Crippen LogP contribution in [0.2, 0.25) is 0 Å². The fourth-order valence-corrected chi connectivity index (χ4v) is 3.37. The zero-order valence-corrected chi connectivity index (χ0v) is 14.3. The minimum Gasteiger partial charge on any atom is -0.426 e. The number of carbonyl (C=O) groups is 1. The van der Waals surface area contributed by atoms with E-state index in [0.29, 0.717) is 0 Å². The predicted molar refractivity (Wildman–Crippen MR) is 99.5 cm³/mol. The molecule has 0 radical (unpaired) electrons. The van der Waals surface area contributed by atoms with Crippen LogP contribution in [0, 0.1) is 0 Å². The lowest BCUT2D eigenvalue weighted by Crippen LogP contribution is -2.22. The van der Waals surface area contributed by atoms with Crippen molar-refractivity contribution in [2.75, 3.05) is 7.05 Å². The average Bonchev–Trinajstić information content (AvgIpc) is 3.04. The van der Waals surface area contributed by atoms with E-state index in [4.69, 9.17) is 17.0 Å². The van der Waals surface area contributed by atoms with Crippen LogP contribution in [0.25, 0.3) is 27.9 Å². The Morgan fingerprint density at radius 2 is 1.88 bits per heavy atom. The number of carbonyl (C=O) groups excluding carboxylic acids is 1. The molecule has 5 heteroatoms. The van der Waals surface area contributed by atoms with E-state index < -0.39 is 0 Å². The summed E-state index contributed by atoms with van der Waals surface area (Å²) in [5.41, 5.74) is 3.32. The number of fused-ring (bicyclic) bond motifs is 3. The number of aromatic nitrogens is 1.